The molecule has 1 N–H and O–H groups in total. The Morgan fingerprint density at radius 2 is 1.31 bits per heavy atom. The Labute approximate surface area is 209 Å². The number of para-hydroxylation sites is 1. The highest BCUT2D eigenvalue weighted by Gasteiger charge is 2.22. The molecule has 3 aromatic carbocycles. The minimum atomic E-state index is -1.87. The van der Waals surface area contributed by atoms with E-state index in [0.717, 1.165) is 34.6 Å². The largest absolute Gasteiger partial charge is 0.502 e. The summed E-state index contributed by atoms with van der Waals surface area (Å²) in [6.07, 6.45) is 6.03. The number of hydrogen-bond acceptors (Lipinski definition) is 3. The lowest BCUT2D eigenvalue weighted by Gasteiger charge is -2.13. The number of rotatable bonds is 10. The summed E-state index contributed by atoms with van der Waals surface area (Å²) in [7, 11) is -1.87. The van der Waals surface area contributed by atoms with Crippen molar-refractivity contribution in [3.05, 3.63) is 91.0 Å². The van der Waals surface area contributed by atoms with Crippen molar-refractivity contribution in [1.82, 2.24) is 9.55 Å². The maximum atomic E-state index is 9.15. The average molecular weight is 490 g/mol. The first kappa shape index (κ1) is 26.3. The summed E-state index contributed by atoms with van der Waals surface area (Å²) in [5.41, 5.74) is 5.26. The lowest BCUT2D eigenvalue weighted by Crippen LogP contribution is -2.05. The fraction of sp³-hybridized carbons (Fsp3) is 0.276. The second-order valence-corrected chi connectivity index (χ2v) is 9.15. The van der Waals surface area contributed by atoms with Crippen molar-refractivity contribution >= 4 is 8.03 Å². The Kier molecular flexibility index (Phi) is 10.7. The molecule has 0 bridgehead atoms. The van der Waals surface area contributed by atoms with Crippen LogP contribution in [0.2, 0.25) is 0 Å². The molecule has 4 rings (SSSR count). The van der Waals surface area contributed by atoms with E-state index in [9.17, 15) is 0 Å². The molecule has 0 radical (unpaired) electrons. The summed E-state index contributed by atoms with van der Waals surface area (Å²) in [5, 5.41) is 0. The Bertz CT molecular complexity index is 1160. The minimum absolute atomic E-state index is 0.652. The molecular weight excluding hydrogens is 455 g/mol. The first-order valence-electron chi connectivity index (χ1n) is 12.1. The van der Waals surface area contributed by atoms with Crippen molar-refractivity contribution in [2.24, 2.45) is 0 Å². The standard InChI is InChI=1S/C28H30N2O.CH3O2P/c1-2-3-4-5-15-22-31-28-29-26(23-16-9-6-10-17-23)27(24-18-11-7-12-19-24)30(28)25-20-13-8-14-21-25;1-4(2)3/h6-14,16-21H,2-5,15,22H2,1H3;1H3/p+1. The molecule has 0 saturated heterocycles. The Balaban J connectivity index is 0.000000795. The SMILES string of the molecule is CCCCCCCOc1nc(-c2ccccc2)c(-c2ccccc2)n1-c1ccccc1.C[P+](=O)O. The van der Waals surface area contributed by atoms with Crippen LogP contribution >= 0.6 is 8.03 Å². The van der Waals surface area contributed by atoms with Gasteiger partial charge in [0.15, 0.2) is 6.66 Å². The van der Waals surface area contributed by atoms with Gasteiger partial charge in [-0.3, -0.25) is 4.57 Å². The fourth-order valence-corrected chi connectivity index (χ4v) is 3.84. The van der Waals surface area contributed by atoms with Crippen molar-refractivity contribution in [2.75, 3.05) is 13.3 Å². The van der Waals surface area contributed by atoms with E-state index in [1.54, 1.807) is 0 Å². The summed E-state index contributed by atoms with van der Waals surface area (Å²) < 4.78 is 17.6. The molecule has 1 aromatic heterocycles. The van der Waals surface area contributed by atoms with Crippen LogP contribution in [0.5, 0.6) is 6.01 Å². The van der Waals surface area contributed by atoms with Crippen LogP contribution < -0.4 is 4.74 Å². The Hall–Kier alpha value is -3.27. The van der Waals surface area contributed by atoms with Gasteiger partial charge >= 0.3 is 14.0 Å². The molecule has 1 heterocycles. The highest BCUT2D eigenvalue weighted by atomic mass is 31.1. The van der Waals surface area contributed by atoms with Gasteiger partial charge in [0.05, 0.1) is 18.0 Å². The van der Waals surface area contributed by atoms with Gasteiger partial charge in [0, 0.05) is 11.1 Å². The minimum Gasteiger partial charge on any atom is -0.464 e. The van der Waals surface area contributed by atoms with Crippen molar-refractivity contribution in [1.29, 1.82) is 0 Å². The quantitative estimate of drug-likeness (QED) is 0.182. The summed E-state index contributed by atoms with van der Waals surface area (Å²) in [6.45, 7) is 4.15. The summed E-state index contributed by atoms with van der Waals surface area (Å²) in [4.78, 5) is 12.6. The van der Waals surface area contributed by atoms with Crippen molar-refractivity contribution in [2.45, 2.75) is 39.0 Å². The molecule has 0 amide bonds. The third kappa shape index (κ3) is 7.88. The van der Waals surface area contributed by atoms with Gasteiger partial charge in [-0.2, -0.15) is 9.88 Å². The number of hydrogen-bond donors (Lipinski definition) is 1. The van der Waals surface area contributed by atoms with E-state index in [-0.39, 0.29) is 0 Å². The van der Waals surface area contributed by atoms with Crippen LogP contribution in [0.15, 0.2) is 91.0 Å². The van der Waals surface area contributed by atoms with Crippen LogP contribution in [0.3, 0.4) is 0 Å². The summed E-state index contributed by atoms with van der Waals surface area (Å²) >= 11 is 0. The summed E-state index contributed by atoms with van der Waals surface area (Å²) in [5.74, 6) is 0. The van der Waals surface area contributed by atoms with Gasteiger partial charge in [-0.05, 0) is 23.1 Å². The molecule has 4 aromatic rings. The summed E-state index contributed by atoms with van der Waals surface area (Å²) in [6, 6.07) is 31.8. The number of ether oxygens (including phenoxy) is 1. The van der Waals surface area contributed by atoms with Crippen molar-refractivity contribution in [3.63, 3.8) is 0 Å². The predicted octanol–water partition coefficient (Wildman–Crippen LogP) is 7.91. The first-order valence-corrected chi connectivity index (χ1v) is 13.8. The molecule has 0 fully saturated rings. The maximum Gasteiger partial charge on any atom is 0.502 e. The average Bonchev–Trinajstić information content (AvgIpc) is 3.27. The van der Waals surface area contributed by atoms with Gasteiger partial charge < -0.3 is 4.74 Å². The number of aromatic nitrogens is 2. The van der Waals surface area contributed by atoms with Gasteiger partial charge in [0.25, 0.3) is 0 Å². The van der Waals surface area contributed by atoms with Gasteiger partial charge in [-0.15, -0.1) is 0 Å². The van der Waals surface area contributed by atoms with Crippen LogP contribution in [-0.2, 0) is 4.57 Å². The molecular formula is C29H34N2O3P+. The zero-order chi connectivity index (χ0) is 24.9. The highest BCUT2D eigenvalue weighted by Crippen LogP contribution is 2.37. The van der Waals surface area contributed by atoms with E-state index in [4.69, 9.17) is 19.2 Å². The lowest BCUT2D eigenvalue weighted by atomic mass is 10.0. The van der Waals surface area contributed by atoms with Gasteiger partial charge in [-0.1, -0.05) is 111 Å². The van der Waals surface area contributed by atoms with E-state index < -0.39 is 8.03 Å². The van der Waals surface area contributed by atoms with Crippen molar-refractivity contribution < 1.29 is 14.2 Å². The van der Waals surface area contributed by atoms with E-state index in [2.05, 4.69) is 84.3 Å². The molecule has 0 aliphatic rings. The highest BCUT2D eigenvalue weighted by molar-refractivity contribution is 7.36. The fourth-order valence-electron chi connectivity index (χ4n) is 3.84. The number of nitrogens with zero attached hydrogens (tertiary/aromatic N) is 2. The number of imidazole rings is 1. The second kappa shape index (κ2) is 14.2. The normalized spacial score (nSPS) is 10.9. The second-order valence-electron chi connectivity index (χ2n) is 8.22. The Morgan fingerprint density at radius 1 is 0.800 bits per heavy atom. The maximum absolute atomic E-state index is 9.15. The van der Waals surface area contributed by atoms with E-state index >= 15 is 0 Å². The molecule has 1 unspecified atom stereocenters. The van der Waals surface area contributed by atoms with Gasteiger partial charge in [0.1, 0.15) is 5.69 Å². The molecule has 0 aliphatic heterocycles. The zero-order valence-corrected chi connectivity index (χ0v) is 21.4. The third-order valence-corrected chi connectivity index (χ3v) is 5.43. The third-order valence-electron chi connectivity index (χ3n) is 5.43. The molecule has 182 valence electrons. The van der Waals surface area contributed by atoms with Crippen LogP contribution in [0.4, 0.5) is 0 Å². The number of benzene rings is 3. The van der Waals surface area contributed by atoms with Gasteiger partial charge in [-0.25, -0.2) is 0 Å². The first-order chi connectivity index (χ1) is 17.1. The monoisotopic (exact) mass is 489 g/mol. The van der Waals surface area contributed by atoms with Crippen LogP contribution in [0.1, 0.15) is 39.0 Å². The molecule has 0 saturated carbocycles. The Morgan fingerprint density at radius 3 is 1.89 bits per heavy atom. The van der Waals surface area contributed by atoms with E-state index in [1.807, 2.05) is 18.2 Å². The van der Waals surface area contributed by atoms with Crippen LogP contribution in [-0.4, -0.2) is 27.7 Å². The van der Waals surface area contributed by atoms with Crippen LogP contribution in [0, 0.1) is 0 Å². The van der Waals surface area contributed by atoms with E-state index in [1.165, 1.54) is 32.3 Å². The molecule has 6 heteroatoms. The molecule has 5 nitrogen and oxygen atoms in total. The van der Waals surface area contributed by atoms with Gasteiger partial charge in [0.2, 0.25) is 0 Å². The predicted molar refractivity (Wildman–Crippen MR) is 144 cm³/mol. The molecule has 35 heavy (non-hydrogen) atoms. The molecule has 0 aliphatic carbocycles. The van der Waals surface area contributed by atoms with Crippen LogP contribution in [0.25, 0.3) is 28.2 Å². The lowest BCUT2D eigenvalue weighted by molar-refractivity contribution is 0.278. The van der Waals surface area contributed by atoms with Crippen molar-refractivity contribution in [3.8, 4) is 34.2 Å². The zero-order valence-electron chi connectivity index (χ0n) is 20.5. The number of unbranched alkanes of at least 4 members (excludes halogenated alkanes) is 4. The smallest absolute Gasteiger partial charge is 0.464 e. The molecule has 0 spiro atoms. The van der Waals surface area contributed by atoms with E-state index in [0.29, 0.717) is 12.6 Å². The molecule has 1 atom stereocenters. The topological polar surface area (TPSA) is 64.4 Å².